The predicted molar refractivity (Wildman–Crippen MR) is 100 cm³/mol. The molecule has 1 unspecified atom stereocenters. The third-order valence-electron chi connectivity index (χ3n) is 4.68. The van der Waals surface area contributed by atoms with Gasteiger partial charge in [-0.25, -0.2) is 4.68 Å². The van der Waals surface area contributed by atoms with Crippen molar-refractivity contribution in [2.75, 3.05) is 12.9 Å². The Kier molecular flexibility index (Phi) is 5.09. The molecule has 1 saturated carbocycles. The maximum absolute atomic E-state index is 5.80. The molecule has 1 aromatic carbocycles. The standard InChI is InChI=1S/C20H23N3OS/c1-25-20-12-16(8-7-15-5-6-15)9-10-18(20)19-14-23(22-21-19)13-17-4-2-3-11-24-17/h9-10,12,14-15,17H,2-6,11,13H2,1H3. The van der Waals surface area contributed by atoms with Gasteiger partial charge in [-0.1, -0.05) is 23.1 Å². The lowest BCUT2D eigenvalue weighted by atomic mass is 10.1. The van der Waals surface area contributed by atoms with E-state index in [0.717, 1.165) is 36.4 Å². The lowest BCUT2D eigenvalue weighted by Gasteiger charge is -2.21. The molecule has 4 nitrogen and oxygen atoms in total. The first-order chi connectivity index (χ1) is 12.3. The minimum atomic E-state index is 0.267. The molecule has 5 heteroatoms. The van der Waals surface area contributed by atoms with E-state index in [1.54, 1.807) is 11.8 Å². The van der Waals surface area contributed by atoms with Gasteiger partial charge in [-0.2, -0.15) is 0 Å². The Morgan fingerprint density at radius 3 is 2.96 bits per heavy atom. The topological polar surface area (TPSA) is 39.9 Å². The first kappa shape index (κ1) is 16.7. The molecular formula is C20H23N3OS. The summed E-state index contributed by atoms with van der Waals surface area (Å²) < 4.78 is 7.71. The molecule has 0 bridgehead atoms. The van der Waals surface area contributed by atoms with Gasteiger partial charge in [0.25, 0.3) is 0 Å². The fourth-order valence-corrected chi connectivity index (χ4v) is 3.70. The Bertz CT molecular complexity index is 795. The first-order valence-corrected chi connectivity index (χ1v) is 10.3. The zero-order valence-corrected chi connectivity index (χ0v) is 15.4. The van der Waals surface area contributed by atoms with E-state index < -0.39 is 0 Å². The number of benzene rings is 1. The van der Waals surface area contributed by atoms with Crippen molar-refractivity contribution in [3.8, 4) is 23.1 Å². The van der Waals surface area contributed by atoms with Crippen molar-refractivity contribution in [3.05, 3.63) is 30.0 Å². The van der Waals surface area contributed by atoms with Crippen LogP contribution >= 0.6 is 11.8 Å². The summed E-state index contributed by atoms with van der Waals surface area (Å²) in [6, 6.07) is 6.38. The van der Waals surface area contributed by atoms with E-state index in [4.69, 9.17) is 4.74 Å². The van der Waals surface area contributed by atoms with Gasteiger partial charge in [-0.05, 0) is 50.5 Å². The average Bonchev–Trinajstić information content (AvgIpc) is 3.38. The van der Waals surface area contributed by atoms with Crippen LogP contribution in [0.4, 0.5) is 0 Å². The molecule has 2 fully saturated rings. The van der Waals surface area contributed by atoms with E-state index in [1.165, 1.54) is 30.6 Å². The monoisotopic (exact) mass is 353 g/mol. The van der Waals surface area contributed by atoms with Crippen LogP contribution in [0.5, 0.6) is 0 Å². The third kappa shape index (κ3) is 4.26. The maximum atomic E-state index is 5.80. The number of rotatable bonds is 4. The van der Waals surface area contributed by atoms with Crippen molar-refractivity contribution in [2.45, 2.75) is 49.6 Å². The average molecular weight is 353 g/mol. The molecule has 1 aliphatic carbocycles. The third-order valence-corrected chi connectivity index (χ3v) is 5.46. The molecule has 1 saturated heterocycles. The first-order valence-electron chi connectivity index (χ1n) is 9.03. The lowest BCUT2D eigenvalue weighted by Crippen LogP contribution is -2.24. The largest absolute Gasteiger partial charge is 0.376 e. The van der Waals surface area contributed by atoms with Gasteiger partial charge in [-0.15, -0.1) is 16.9 Å². The maximum Gasteiger partial charge on any atom is 0.114 e. The van der Waals surface area contributed by atoms with Gasteiger partial charge in [0.2, 0.25) is 0 Å². The second kappa shape index (κ2) is 7.63. The number of ether oxygens (including phenoxy) is 1. The fraction of sp³-hybridized carbons (Fsp3) is 0.500. The van der Waals surface area contributed by atoms with Crippen LogP contribution in [0, 0.1) is 17.8 Å². The normalized spacial score (nSPS) is 20.1. The molecule has 0 N–H and O–H groups in total. The van der Waals surface area contributed by atoms with Crippen LogP contribution in [-0.4, -0.2) is 34.0 Å². The summed E-state index contributed by atoms with van der Waals surface area (Å²) in [5, 5.41) is 8.68. The van der Waals surface area contributed by atoms with Gasteiger partial charge in [-0.3, -0.25) is 0 Å². The van der Waals surface area contributed by atoms with Gasteiger partial charge >= 0.3 is 0 Å². The van der Waals surface area contributed by atoms with Gasteiger partial charge in [0.05, 0.1) is 18.8 Å². The molecule has 0 radical (unpaired) electrons. The zero-order chi connectivity index (χ0) is 17.1. The zero-order valence-electron chi connectivity index (χ0n) is 14.6. The number of thioether (sulfide) groups is 1. The highest BCUT2D eigenvalue weighted by molar-refractivity contribution is 7.98. The van der Waals surface area contributed by atoms with Crippen molar-refractivity contribution in [1.29, 1.82) is 0 Å². The Hall–Kier alpha value is -1.77. The second-order valence-electron chi connectivity index (χ2n) is 6.77. The molecule has 4 rings (SSSR count). The molecule has 0 spiro atoms. The van der Waals surface area contributed by atoms with Crippen LogP contribution in [0.15, 0.2) is 29.3 Å². The van der Waals surface area contributed by atoms with E-state index in [9.17, 15) is 0 Å². The van der Waals surface area contributed by atoms with Gasteiger partial charge < -0.3 is 4.74 Å². The molecule has 1 aliphatic heterocycles. The van der Waals surface area contributed by atoms with E-state index >= 15 is 0 Å². The van der Waals surface area contributed by atoms with Crippen LogP contribution in [0.1, 0.15) is 37.7 Å². The molecule has 2 aromatic rings. The van der Waals surface area contributed by atoms with Crippen molar-refractivity contribution in [2.24, 2.45) is 5.92 Å². The molecule has 2 aliphatic rings. The summed E-state index contributed by atoms with van der Waals surface area (Å²) in [5.74, 6) is 7.25. The van der Waals surface area contributed by atoms with Gasteiger partial charge in [0, 0.05) is 28.5 Å². The van der Waals surface area contributed by atoms with Crippen molar-refractivity contribution in [1.82, 2.24) is 15.0 Å². The number of hydrogen-bond acceptors (Lipinski definition) is 4. The van der Waals surface area contributed by atoms with Gasteiger partial charge in [0.1, 0.15) is 5.69 Å². The molecular weight excluding hydrogens is 330 g/mol. The Labute approximate surface area is 153 Å². The fourth-order valence-electron chi connectivity index (χ4n) is 3.06. The van der Waals surface area contributed by atoms with Crippen LogP contribution in [0.25, 0.3) is 11.3 Å². The second-order valence-corrected chi connectivity index (χ2v) is 7.62. The summed E-state index contributed by atoms with van der Waals surface area (Å²) in [4.78, 5) is 1.20. The van der Waals surface area contributed by atoms with Crippen LogP contribution in [0.3, 0.4) is 0 Å². The van der Waals surface area contributed by atoms with Crippen molar-refractivity contribution >= 4 is 11.8 Å². The highest BCUT2D eigenvalue weighted by atomic mass is 32.2. The minimum absolute atomic E-state index is 0.267. The van der Waals surface area contributed by atoms with E-state index in [-0.39, 0.29) is 6.10 Å². The molecule has 2 heterocycles. The quantitative estimate of drug-likeness (QED) is 0.615. The van der Waals surface area contributed by atoms with E-state index in [1.807, 2.05) is 10.9 Å². The summed E-state index contributed by atoms with van der Waals surface area (Å²) in [7, 11) is 0. The SMILES string of the molecule is CSc1cc(C#CC2CC2)ccc1-c1cn(CC2CCCCO2)nn1. The number of hydrogen-bond donors (Lipinski definition) is 0. The van der Waals surface area contributed by atoms with E-state index in [2.05, 4.69) is 46.6 Å². The molecule has 130 valence electrons. The summed E-state index contributed by atoms with van der Waals surface area (Å²) in [6.45, 7) is 1.65. The van der Waals surface area contributed by atoms with E-state index in [0.29, 0.717) is 5.92 Å². The predicted octanol–water partition coefficient (Wildman–Crippen LogP) is 4.00. The van der Waals surface area contributed by atoms with Gasteiger partial charge in [0.15, 0.2) is 0 Å². The number of aromatic nitrogens is 3. The van der Waals surface area contributed by atoms with Crippen LogP contribution in [-0.2, 0) is 11.3 Å². The lowest BCUT2D eigenvalue weighted by molar-refractivity contribution is 0.00370. The smallest absolute Gasteiger partial charge is 0.114 e. The Balaban J connectivity index is 1.51. The molecule has 25 heavy (non-hydrogen) atoms. The molecule has 1 aromatic heterocycles. The summed E-state index contributed by atoms with van der Waals surface area (Å²) in [5.41, 5.74) is 3.13. The van der Waals surface area contributed by atoms with Crippen LogP contribution in [0.2, 0.25) is 0 Å². The Morgan fingerprint density at radius 2 is 2.20 bits per heavy atom. The molecule has 1 atom stereocenters. The highest BCUT2D eigenvalue weighted by Gasteiger charge is 2.18. The van der Waals surface area contributed by atoms with Crippen molar-refractivity contribution < 1.29 is 4.74 Å². The van der Waals surface area contributed by atoms with Crippen molar-refractivity contribution in [3.63, 3.8) is 0 Å². The van der Waals surface area contributed by atoms with Crippen LogP contribution < -0.4 is 0 Å². The number of nitrogens with zero attached hydrogens (tertiary/aromatic N) is 3. The Morgan fingerprint density at radius 1 is 1.28 bits per heavy atom. The highest BCUT2D eigenvalue weighted by Crippen LogP contribution is 2.31. The minimum Gasteiger partial charge on any atom is -0.376 e. The molecule has 0 amide bonds. The summed E-state index contributed by atoms with van der Waals surface area (Å²) in [6.07, 6.45) is 10.4. The summed E-state index contributed by atoms with van der Waals surface area (Å²) >= 11 is 1.73.